The van der Waals surface area contributed by atoms with Crippen molar-refractivity contribution in [2.75, 3.05) is 32.7 Å². The minimum atomic E-state index is -4.02. The van der Waals surface area contributed by atoms with E-state index in [-0.39, 0.29) is 32.1 Å². The molecule has 0 spiro atoms. The molecule has 0 atom stereocenters. The summed E-state index contributed by atoms with van der Waals surface area (Å²) in [6.07, 6.45) is 7.87. The number of hydrogen-bond acceptors (Lipinski definition) is 10. The van der Waals surface area contributed by atoms with Crippen LogP contribution in [0.2, 0.25) is 0 Å². The number of H-pyrrole nitrogens is 1. The Morgan fingerprint density at radius 1 is 0.797 bits per heavy atom. The minimum Gasteiger partial charge on any atom is -0.506 e. The number of primary amides is 1. The van der Waals surface area contributed by atoms with Crippen molar-refractivity contribution >= 4 is 47.7 Å². The number of amides is 1. The number of phenolic OH excluding ortho intramolecular Hbond substituents is 1. The van der Waals surface area contributed by atoms with Crippen LogP contribution in [0, 0.1) is 19.7 Å². The highest BCUT2D eigenvalue weighted by atomic mass is 32.2. The van der Waals surface area contributed by atoms with Crippen LogP contribution in [0.1, 0.15) is 60.8 Å². The molecule has 13 nitrogen and oxygen atoms in total. The SMILES string of the molecule is Cc1ccc(S(=O)(=O)O)cc1.Cc1ccc(S(=O)(=O)O)cc1.NC(=O)CCN(CCc1cccc(F)c1)CCN(CCc1ccc(O)c2[nH]c(=O)sc12)C1CCCCC1. The van der Waals surface area contributed by atoms with Crippen molar-refractivity contribution in [2.45, 2.75) is 81.0 Å². The number of carbonyl (C=O) groups is 1. The van der Waals surface area contributed by atoms with Crippen LogP contribution in [0.25, 0.3) is 10.2 Å². The maximum atomic E-state index is 13.6. The maximum Gasteiger partial charge on any atom is 0.305 e. The van der Waals surface area contributed by atoms with Crippen molar-refractivity contribution < 1.29 is 40.2 Å². The lowest BCUT2D eigenvalue weighted by molar-refractivity contribution is -0.118. The number of nitrogens with two attached hydrogens (primary N) is 1. The van der Waals surface area contributed by atoms with E-state index in [0.29, 0.717) is 30.9 Å². The Kier molecular flexibility index (Phi) is 17.8. The number of halogens is 1. The van der Waals surface area contributed by atoms with Gasteiger partial charge in [0.1, 0.15) is 17.1 Å². The van der Waals surface area contributed by atoms with E-state index in [4.69, 9.17) is 14.8 Å². The molecule has 1 aromatic heterocycles. The highest BCUT2D eigenvalue weighted by molar-refractivity contribution is 7.86. The number of aromatic amines is 1. The molecule has 6 rings (SSSR count). The first-order chi connectivity index (χ1) is 27.9. The van der Waals surface area contributed by atoms with Gasteiger partial charge in [-0.2, -0.15) is 16.8 Å². The largest absolute Gasteiger partial charge is 0.506 e. The normalized spacial score (nSPS) is 13.5. The second kappa shape index (κ2) is 22.2. The molecule has 6 N–H and O–H groups in total. The van der Waals surface area contributed by atoms with Gasteiger partial charge in [-0.1, -0.05) is 84.2 Å². The number of carbonyl (C=O) groups excluding carboxylic acids is 1. The van der Waals surface area contributed by atoms with Gasteiger partial charge in [-0.25, -0.2) is 4.39 Å². The molecule has 1 fully saturated rings. The number of aromatic nitrogens is 1. The van der Waals surface area contributed by atoms with E-state index in [2.05, 4.69) is 14.8 Å². The summed E-state index contributed by atoms with van der Waals surface area (Å²) in [5, 5.41) is 10.1. The second-order valence-corrected chi connectivity index (χ2v) is 18.4. The van der Waals surface area contributed by atoms with Crippen LogP contribution in [-0.4, -0.2) is 90.5 Å². The van der Waals surface area contributed by atoms with Gasteiger partial charge in [0, 0.05) is 45.2 Å². The van der Waals surface area contributed by atoms with Gasteiger partial charge in [-0.3, -0.25) is 23.6 Å². The van der Waals surface area contributed by atoms with Crippen molar-refractivity contribution in [2.24, 2.45) is 5.73 Å². The summed E-state index contributed by atoms with van der Waals surface area (Å²) >= 11 is 1.14. The van der Waals surface area contributed by atoms with Gasteiger partial charge in [-0.15, -0.1) is 0 Å². The molecule has 5 aromatic rings. The molecular weight excluding hydrogens is 820 g/mol. The van der Waals surface area contributed by atoms with Gasteiger partial charge in [0.25, 0.3) is 20.2 Å². The molecule has 0 bridgehead atoms. The minimum absolute atomic E-state index is 0.0666. The Bertz CT molecular complexity index is 2320. The fraction of sp³-hybridized carbons (Fsp3) is 0.381. The zero-order valence-electron chi connectivity index (χ0n) is 33.2. The molecule has 17 heteroatoms. The summed E-state index contributed by atoms with van der Waals surface area (Å²) in [7, 11) is -8.04. The van der Waals surface area contributed by atoms with Gasteiger partial charge in [0.05, 0.1) is 14.5 Å². The standard InChI is InChI=1S/C28H37FN4O3S.2C7H8O3S/c29-22-6-4-5-20(19-22)11-14-32(15-13-25(30)35)17-18-33(23-7-2-1-3-8-23)16-12-21-9-10-24(34)26-27(21)37-28(36)31-26;2*1-6-2-4-7(5-3-6)11(8,9)10/h4-6,9-10,19,23,34H,1-3,7-8,11-18H2,(H2,30,35)(H,31,36);2*2-5H,1H3,(H,8,9,10). The summed E-state index contributed by atoms with van der Waals surface area (Å²) in [5.41, 5.74) is 9.88. The average Bonchev–Trinajstić information content (AvgIpc) is 3.59. The summed E-state index contributed by atoms with van der Waals surface area (Å²) < 4.78 is 73.6. The number of phenols is 1. The van der Waals surface area contributed by atoms with Crippen LogP contribution in [-0.2, 0) is 37.9 Å². The first-order valence-corrected chi connectivity index (χ1v) is 23.0. The third-order valence-corrected chi connectivity index (χ3v) is 12.7. The van der Waals surface area contributed by atoms with E-state index < -0.39 is 20.2 Å². The first-order valence-electron chi connectivity index (χ1n) is 19.3. The van der Waals surface area contributed by atoms with Crippen LogP contribution < -0.4 is 10.6 Å². The lowest BCUT2D eigenvalue weighted by atomic mass is 9.93. The molecule has 1 aliphatic carbocycles. The number of fused-ring (bicyclic) bond motifs is 1. The van der Waals surface area contributed by atoms with Crippen molar-refractivity contribution in [3.05, 3.63) is 123 Å². The molecule has 1 amide bonds. The number of aromatic hydroxyl groups is 1. The number of nitrogens with one attached hydrogen (secondary N) is 1. The zero-order valence-corrected chi connectivity index (χ0v) is 35.7. The molecule has 59 heavy (non-hydrogen) atoms. The van der Waals surface area contributed by atoms with Crippen molar-refractivity contribution in [3.63, 3.8) is 0 Å². The second-order valence-electron chi connectivity index (χ2n) is 14.6. The van der Waals surface area contributed by atoms with E-state index in [9.17, 15) is 35.9 Å². The summed E-state index contributed by atoms with van der Waals surface area (Å²) in [6, 6.07) is 22.7. The fourth-order valence-corrected chi connectivity index (χ4v) is 8.59. The van der Waals surface area contributed by atoms with Crippen molar-refractivity contribution in [3.8, 4) is 5.75 Å². The number of aryl methyl sites for hydroxylation is 2. The van der Waals surface area contributed by atoms with Crippen molar-refractivity contribution in [1.29, 1.82) is 0 Å². The predicted molar refractivity (Wildman–Crippen MR) is 229 cm³/mol. The number of nitrogens with zero attached hydrogens (tertiary/aromatic N) is 2. The highest BCUT2D eigenvalue weighted by Gasteiger charge is 2.22. The van der Waals surface area contributed by atoms with Crippen LogP contribution >= 0.6 is 11.3 Å². The Hall–Kier alpha value is -4.49. The van der Waals surface area contributed by atoms with E-state index in [1.807, 2.05) is 26.0 Å². The lowest BCUT2D eigenvalue weighted by Crippen LogP contribution is -2.44. The summed E-state index contributed by atoms with van der Waals surface area (Å²) in [4.78, 5) is 30.7. The molecule has 0 unspecified atom stereocenters. The quantitative estimate of drug-likeness (QED) is 0.0716. The Morgan fingerprint density at radius 3 is 1.93 bits per heavy atom. The Balaban J connectivity index is 0.000000282. The Labute approximate surface area is 349 Å². The van der Waals surface area contributed by atoms with Crippen LogP contribution in [0.15, 0.2) is 99.5 Å². The molecule has 1 heterocycles. The molecule has 0 radical (unpaired) electrons. The van der Waals surface area contributed by atoms with E-state index in [1.54, 1.807) is 42.5 Å². The molecule has 320 valence electrons. The third-order valence-electron chi connectivity index (χ3n) is 10.0. The van der Waals surface area contributed by atoms with Crippen molar-refractivity contribution in [1.82, 2.24) is 14.8 Å². The number of hydrogen-bond donors (Lipinski definition) is 5. The summed E-state index contributed by atoms with van der Waals surface area (Å²) in [5.74, 6) is -0.452. The molecule has 0 saturated heterocycles. The molecular formula is C42H53FN4O9S3. The van der Waals surface area contributed by atoms with Crippen LogP contribution in [0.5, 0.6) is 5.75 Å². The molecule has 1 saturated carbocycles. The fourth-order valence-electron chi connectivity index (χ4n) is 6.73. The number of thiazole rings is 1. The summed E-state index contributed by atoms with van der Waals surface area (Å²) in [6.45, 7) is 7.49. The predicted octanol–water partition coefficient (Wildman–Crippen LogP) is 6.52. The monoisotopic (exact) mass is 872 g/mol. The number of rotatable bonds is 15. The van der Waals surface area contributed by atoms with Gasteiger partial charge in [-0.05, 0) is 93.1 Å². The molecule has 0 aliphatic heterocycles. The first kappa shape index (κ1) is 47.2. The zero-order chi connectivity index (χ0) is 43.2. The number of benzene rings is 4. The molecule has 1 aliphatic rings. The van der Waals surface area contributed by atoms with E-state index >= 15 is 0 Å². The van der Waals surface area contributed by atoms with Crippen LogP contribution in [0.4, 0.5) is 4.39 Å². The third kappa shape index (κ3) is 15.9. The van der Waals surface area contributed by atoms with Gasteiger partial charge >= 0.3 is 4.87 Å². The van der Waals surface area contributed by atoms with Crippen LogP contribution in [0.3, 0.4) is 0 Å². The van der Waals surface area contributed by atoms with Gasteiger partial charge in [0.2, 0.25) is 5.91 Å². The average molecular weight is 873 g/mol. The lowest BCUT2D eigenvalue weighted by Gasteiger charge is -2.36. The highest BCUT2D eigenvalue weighted by Crippen LogP contribution is 2.29. The van der Waals surface area contributed by atoms with Gasteiger partial charge in [0.15, 0.2) is 0 Å². The maximum absolute atomic E-state index is 13.6. The van der Waals surface area contributed by atoms with E-state index in [1.165, 1.54) is 62.4 Å². The van der Waals surface area contributed by atoms with E-state index in [0.717, 1.165) is 70.9 Å². The topological polar surface area (TPSA) is 211 Å². The van der Waals surface area contributed by atoms with Gasteiger partial charge < -0.3 is 20.7 Å². The molecule has 4 aromatic carbocycles. The Morgan fingerprint density at radius 2 is 1.39 bits per heavy atom. The smallest absolute Gasteiger partial charge is 0.305 e.